The van der Waals surface area contributed by atoms with Crippen molar-refractivity contribution in [1.29, 1.82) is 0 Å². The van der Waals surface area contributed by atoms with Crippen LogP contribution in [0.4, 0.5) is 0 Å². The van der Waals surface area contributed by atoms with Crippen molar-refractivity contribution in [2.45, 2.75) is 13.8 Å². The van der Waals surface area contributed by atoms with Crippen molar-refractivity contribution in [2.75, 3.05) is 13.2 Å². The van der Waals surface area contributed by atoms with Crippen molar-refractivity contribution in [3.63, 3.8) is 0 Å². The summed E-state index contributed by atoms with van der Waals surface area (Å²) in [6.45, 7) is 3.24. The van der Waals surface area contributed by atoms with Crippen LogP contribution in [0.15, 0.2) is 40.9 Å². The van der Waals surface area contributed by atoms with E-state index in [0.717, 1.165) is 15.6 Å². The molecule has 2 N–H and O–H groups in total. The molecule has 0 radical (unpaired) electrons. The van der Waals surface area contributed by atoms with Gasteiger partial charge in [0, 0.05) is 9.50 Å². The van der Waals surface area contributed by atoms with Crippen LogP contribution in [0.3, 0.4) is 0 Å². The molecule has 0 heterocycles. The Morgan fingerprint density at radius 2 is 1.62 bits per heavy atom. The number of aryl methyl sites for hydroxylation is 2. The number of amides is 2. The highest BCUT2D eigenvalue weighted by Crippen LogP contribution is 2.22. The number of hydrogen-bond acceptors (Lipinski definition) is 4. The van der Waals surface area contributed by atoms with Gasteiger partial charge < -0.3 is 9.47 Å². The predicted molar refractivity (Wildman–Crippen MR) is 102 cm³/mol. The Morgan fingerprint density at radius 1 is 0.962 bits per heavy atom. The average Bonchev–Trinajstić information content (AvgIpc) is 2.60. The van der Waals surface area contributed by atoms with E-state index in [-0.39, 0.29) is 13.2 Å². The molecule has 0 aliphatic carbocycles. The zero-order valence-corrected chi connectivity index (χ0v) is 16.6. The van der Waals surface area contributed by atoms with E-state index in [9.17, 15) is 9.59 Å². The average molecular weight is 442 g/mol. The van der Waals surface area contributed by atoms with Gasteiger partial charge in [0.2, 0.25) is 0 Å². The minimum Gasteiger partial charge on any atom is -0.484 e. The Kier molecular flexibility index (Phi) is 7.29. The van der Waals surface area contributed by atoms with Crippen molar-refractivity contribution >= 4 is 39.3 Å². The molecule has 138 valence electrons. The largest absolute Gasteiger partial charge is 0.484 e. The van der Waals surface area contributed by atoms with Gasteiger partial charge in [0.25, 0.3) is 11.8 Å². The van der Waals surface area contributed by atoms with Gasteiger partial charge in [-0.1, -0.05) is 27.5 Å². The maximum Gasteiger partial charge on any atom is 0.276 e. The summed E-state index contributed by atoms with van der Waals surface area (Å²) in [7, 11) is 0. The molecular formula is C18H18BrClN2O4. The molecule has 0 saturated carbocycles. The van der Waals surface area contributed by atoms with Crippen molar-refractivity contribution in [3.8, 4) is 11.5 Å². The molecule has 0 aromatic heterocycles. The Balaban J connectivity index is 1.71. The van der Waals surface area contributed by atoms with Crippen LogP contribution in [-0.2, 0) is 9.59 Å². The normalized spacial score (nSPS) is 10.2. The highest BCUT2D eigenvalue weighted by molar-refractivity contribution is 9.10. The number of halogens is 2. The molecule has 0 unspecified atom stereocenters. The molecule has 0 spiro atoms. The second kappa shape index (κ2) is 9.45. The quantitative estimate of drug-likeness (QED) is 0.674. The molecule has 8 heteroatoms. The van der Waals surface area contributed by atoms with Crippen LogP contribution in [0.2, 0.25) is 5.02 Å². The van der Waals surface area contributed by atoms with Gasteiger partial charge in [0.1, 0.15) is 11.5 Å². The lowest BCUT2D eigenvalue weighted by molar-refractivity contribution is -0.131. The minimum absolute atomic E-state index is 0.222. The number of rotatable bonds is 6. The summed E-state index contributed by atoms with van der Waals surface area (Å²) in [5.74, 6) is 0.132. The topological polar surface area (TPSA) is 76.7 Å². The Labute approximate surface area is 164 Å². The number of ether oxygens (including phenoxy) is 2. The van der Waals surface area contributed by atoms with Gasteiger partial charge in [-0.25, -0.2) is 0 Å². The standard InChI is InChI=1S/C18H18BrClN2O4/c1-11-8-14(4-5-15(11)20)25-9-17(23)21-22-18(24)10-26-16-6-3-13(19)7-12(16)2/h3-8H,9-10H2,1-2H3,(H,21,23)(H,22,24). The lowest BCUT2D eigenvalue weighted by Crippen LogP contribution is -2.45. The van der Waals surface area contributed by atoms with Crippen LogP contribution in [-0.4, -0.2) is 25.0 Å². The molecule has 0 aliphatic rings. The van der Waals surface area contributed by atoms with E-state index in [0.29, 0.717) is 16.5 Å². The first-order chi connectivity index (χ1) is 12.3. The van der Waals surface area contributed by atoms with Crippen molar-refractivity contribution in [1.82, 2.24) is 10.9 Å². The molecule has 0 aliphatic heterocycles. The zero-order valence-electron chi connectivity index (χ0n) is 14.3. The summed E-state index contributed by atoms with van der Waals surface area (Å²) in [5, 5.41) is 0.620. The number of hydrazine groups is 1. The number of nitrogens with one attached hydrogen (secondary N) is 2. The predicted octanol–water partition coefficient (Wildman–Crippen LogP) is 3.32. The van der Waals surface area contributed by atoms with Crippen molar-refractivity contribution in [2.24, 2.45) is 0 Å². The molecule has 2 aromatic rings. The first kappa shape index (κ1) is 20.1. The monoisotopic (exact) mass is 440 g/mol. The molecule has 2 aromatic carbocycles. The fourth-order valence-electron chi connectivity index (χ4n) is 1.99. The van der Waals surface area contributed by atoms with Gasteiger partial charge in [-0.2, -0.15) is 0 Å². The Hall–Kier alpha value is -2.25. The van der Waals surface area contributed by atoms with Gasteiger partial charge in [0.15, 0.2) is 13.2 Å². The third-order valence-corrected chi connectivity index (χ3v) is 4.25. The smallest absolute Gasteiger partial charge is 0.276 e. The van der Waals surface area contributed by atoms with Crippen LogP contribution < -0.4 is 20.3 Å². The fourth-order valence-corrected chi connectivity index (χ4v) is 2.58. The van der Waals surface area contributed by atoms with Crippen LogP contribution in [0, 0.1) is 13.8 Å². The van der Waals surface area contributed by atoms with E-state index in [1.807, 2.05) is 26.0 Å². The van der Waals surface area contributed by atoms with Crippen molar-refractivity contribution < 1.29 is 19.1 Å². The van der Waals surface area contributed by atoms with Gasteiger partial charge in [-0.15, -0.1) is 0 Å². The number of hydrogen-bond donors (Lipinski definition) is 2. The Morgan fingerprint density at radius 3 is 2.23 bits per heavy atom. The second-order valence-electron chi connectivity index (χ2n) is 5.49. The summed E-state index contributed by atoms with van der Waals surface area (Å²) in [6.07, 6.45) is 0. The number of benzene rings is 2. The molecule has 0 bridgehead atoms. The highest BCUT2D eigenvalue weighted by Gasteiger charge is 2.08. The van der Waals surface area contributed by atoms with Gasteiger partial charge in [0.05, 0.1) is 0 Å². The van der Waals surface area contributed by atoms with Crippen molar-refractivity contribution in [3.05, 3.63) is 57.0 Å². The molecule has 0 saturated heterocycles. The molecule has 26 heavy (non-hydrogen) atoms. The Bertz CT molecular complexity index is 814. The maximum atomic E-state index is 11.7. The van der Waals surface area contributed by atoms with E-state index in [1.165, 1.54) is 0 Å². The van der Waals surface area contributed by atoms with Crippen LogP contribution >= 0.6 is 27.5 Å². The zero-order chi connectivity index (χ0) is 19.1. The van der Waals surface area contributed by atoms with E-state index >= 15 is 0 Å². The summed E-state index contributed by atoms with van der Waals surface area (Å²) in [5.41, 5.74) is 6.27. The van der Waals surface area contributed by atoms with E-state index < -0.39 is 11.8 Å². The summed E-state index contributed by atoms with van der Waals surface area (Å²) >= 11 is 9.28. The first-order valence-corrected chi connectivity index (χ1v) is 8.88. The number of carbonyl (C=O) groups excluding carboxylic acids is 2. The summed E-state index contributed by atoms with van der Waals surface area (Å²) < 4.78 is 11.7. The second-order valence-corrected chi connectivity index (χ2v) is 6.82. The first-order valence-electron chi connectivity index (χ1n) is 7.70. The van der Waals surface area contributed by atoms with Gasteiger partial charge in [-0.3, -0.25) is 20.4 Å². The molecule has 2 amide bonds. The van der Waals surface area contributed by atoms with Gasteiger partial charge in [-0.05, 0) is 61.4 Å². The van der Waals surface area contributed by atoms with Crippen LogP contribution in [0.25, 0.3) is 0 Å². The number of carbonyl (C=O) groups is 2. The van der Waals surface area contributed by atoms with Crippen LogP contribution in [0.1, 0.15) is 11.1 Å². The lowest BCUT2D eigenvalue weighted by atomic mass is 10.2. The molecule has 0 fully saturated rings. The molecular weight excluding hydrogens is 424 g/mol. The highest BCUT2D eigenvalue weighted by atomic mass is 79.9. The van der Waals surface area contributed by atoms with Gasteiger partial charge >= 0.3 is 0 Å². The van der Waals surface area contributed by atoms with E-state index in [2.05, 4.69) is 26.8 Å². The summed E-state index contributed by atoms with van der Waals surface area (Å²) in [6, 6.07) is 10.5. The third-order valence-electron chi connectivity index (χ3n) is 3.34. The van der Waals surface area contributed by atoms with E-state index in [4.69, 9.17) is 21.1 Å². The molecule has 0 atom stereocenters. The SMILES string of the molecule is Cc1cc(OCC(=O)NNC(=O)COc2ccc(Br)cc2C)ccc1Cl. The lowest BCUT2D eigenvalue weighted by Gasteiger charge is -2.11. The third kappa shape index (κ3) is 6.24. The van der Waals surface area contributed by atoms with E-state index in [1.54, 1.807) is 24.3 Å². The van der Waals surface area contributed by atoms with Crippen LogP contribution in [0.5, 0.6) is 11.5 Å². The molecule has 6 nitrogen and oxygen atoms in total. The maximum absolute atomic E-state index is 11.7. The fraction of sp³-hybridized carbons (Fsp3) is 0.222. The molecule has 2 rings (SSSR count). The minimum atomic E-state index is -0.495. The summed E-state index contributed by atoms with van der Waals surface area (Å²) in [4.78, 5) is 23.5.